The van der Waals surface area contributed by atoms with Gasteiger partial charge >= 0.3 is 0 Å². The molecule has 0 unspecified atom stereocenters. The maximum atomic E-state index is 12.0. The third-order valence-electron chi connectivity index (χ3n) is 2.98. The van der Waals surface area contributed by atoms with Gasteiger partial charge in [-0.15, -0.1) is 0 Å². The Morgan fingerprint density at radius 3 is 2.53 bits per heavy atom. The Morgan fingerprint density at radius 1 is 1.27 bits per heavy atom. The molecule has 1 N–H and O–H groups in total. The van der Waals surface area contributed by atoms with Crippen LogP contribution in [0.3, 0.4) is 0 Å². The van der Waals surface area contributed by atoms with Crippen molar-refractivity contribution in [3.05, 3.63) is 0 Å². The lowest BCUT2D eigenvalue weighted by atomic mass is 9.95. The summed E-state index contributed by atoms with van der Waals surface area (Å²) in [5, 5.41) is 3.44. The molecule has 0 aromatic carbocycles. The van der Waals surface area contributed by atoms with Gasteiger partial charge in [-0.2, -0.15) is 0 Å². The van der Waals surface area contributed by atoms with Gasteiger partial charge in [0, 0.05) is 19.1 Å². The Kier molecular flexibility index (Phi) is 6.10. The normalized spacial score (nSPS) is 19.0. The number of nitrogens with zero attached hydrogens (tertiary/aromatic N) is 1. The highest BCUT2D eigenvalue weighted by molar-refractivity contribution is 4.72. The van der Waals surface area contributed by atoms with Gasteiger partial charge in [0.1, 0.15) is 0 Å². The molecule has 15 heavy (non-hydrogen) atoms. The Bertz CT molecular complexity index is 159. The van der Waals surface area contributed by atoms with Gasteiger partial charge in [0.05, 0.1) is 6.54 Å². The zero-order valence-electron chi connectivity index (χ0n) is 9.51. The largest absolute Gasteiger partial charge is 0.313 e. The zero-order chi connectivity index (χ0) is 11.1. The van der Waals surface area contributed by atoms with Crippen LogP contribution in [-0.4, -0.2) is 44.0 Å². The molecule has 0 bridgehead atoms. The number of likely N-dealkylation sites (N-methyl/N-ethyl adjacent to an activating group) is 1. The summed E-state index contributed by atoms with van der Waals surface area (Å²) in [5.41, 5.74) is 0. The van der Waals surface area contributed by atoms with E-state index in [-0.39, 0.29) is 6.54 Å². The molecule has 0 aromatic rings. The van der Waals surface area contributed by atoms with Crippen LogP contribution < -0.4 is 5.32 Å². The third-order valence-corrected chi connectivity index (χ3v) is 2.98. The molecule has 1 rings (SSSR count). The van der Waals surface area contributed by atoms with Crippen molar-refractivity contribution >= 4 is 0 Å². The minimum absolute atomic E-state index is 0.119. The van der Waals surface area contributed by atoms with E-state index in [0.717, 1.165) is 6.54 Å². The molecule has 1 aliphatic carbocycles. The van der Waals surface area contributed by atoms with E-state index < -0.39 is 6.43 Å². The fourth-order valence-electron chi connectivity index (χ4n) is 2.09. The summed E-state index contributed by atoms with van der Waals surface area (Å²) >= 11 is 0. The van der Waals surface area contributed by atoms with Crippen molar-refractivity contribution in [2.75, 3.05) is 26.7 Å². The molecule has 0 saturated heterocycles. The van der Waals surface area contributed by atoms with Crippen molar-refractivity contribution < 1.29 is 8.78 Å². The smallest absolute Gasteiger partial charge is 0.251 e. The van der Waals surface area contributed by atoms with Gasteiger partial charge in [-0.05, 0) is 19.9 Å². The molecule has 1 aliphatic rings. The van der Waals surface area contributed by atoms with Crippen LogP contribution in [0.5, 0.6) is 0 Å². The lowest BCUT2D eigenvalue weighted by Gasteiger charge is -2.24. The fourth-order valence-corrected chi connectivity index (χ4v) is 2.09. The van der Waals surface area contributed by atoms with E-state index in [1.807, 2.05) is 0 Å². The quantitative estimate of drug-likeness (QED) is 0.737. The molecular weight excluding hydrogens is 198 g/mol. The summed E-state index contributed by atoms with van der Waals surface area (Å²) in [5.74, 6) is 0. The van der Waals surface area contributed by atoms with Crippen LogP contribution in [0.4, 0.5) is 8.78 Å². The number of nitrogens with one attached hydrogen (secondary N) is 1. The summed E-state index contributed by atoms with van der Waals surface area (Å²) in [6, 6.07) is 0.624. The molecule has 0 heterocycles. The number of hydrogen-bond acceptors (Lipinski definition) is 2. The highest BCUT2D eigenvalue weighted by Crippen LogP contribution is 2.16. The maximum Gasteiger partial charge on any atom is 0.251 e. The van der Waals surface area contributed by atoms with Crippen molar-refractivity contribution in [2.24, 2.45) is 0 Å². The maximum absolute atomic E-state index is 12.0. The standard InChI is InChI=1S/C11H22F2N2/c1-15(9-11(12)13)8-7-14-10-5-3-2-4-6-10/h10-11,14H,2-9H2,1H3. The SMILES string of the molecule is CN(CCNC1CCCCC1)CC(F)F. The van der Waals surface area contributed by atoms with Gasteiger partial charge in [-0.3, -0.25) is 4.90 Å². The van der Waals surface area contributed by atoms with Gasteiger partial charge in [-0.1, -0.05) is 19.3 Å². The first kappa shape index (κ1) is 12.8. The Balaban J connectivity index is 1.99. The molecule has 0 spiro atoms. The summed E-state index contributed by atoms with van der Waals surface area (Å²) in [4.78, 5) is 1.68. The van der Waals surface area contributed by atoms with Gasteiger partial charge in [0.2, 0.25) is 0 Å². The minimum atomic E-state index is -2.22. The van der Waals surface area contributed by atoms with Crippen molar-refractivity contribution in [3.8, 4) is 0 Å². The third kappa shape index (κ3) is 6.05. The van der Waals surface area contributed by atoms with E-state index in [0.29, 0.717) is 12.6 Å². The lowest BCUT2D eigenvalue weighted by molar-refractivity contribution is 0.100. The zero-order valence-corrected chi connectivity index (χ0v) is 9.51. The van der Waals surface area contributed by atoms with Crippen LogP contribution in [0.2, 0.25) is 0 Å². The number of alkyl halides is 2. The summed E-state index contributed by atoms with van der Waals surface area (Å²) in [6.07, 6.45) is 4.25. The predicted octanol–water partition coefficient (Wildman–Crippen LogP) is 2.11. The van der Waals surface area contributed by atoms with Crippen molar-refractivity contribution in [1.82, 2.24) is 10.2 Å². The predicted molar refractivity (Wildman–Crippen MR) is 58.4 cm³/mol. The van der Waals surface area contributed by atoms with Gasteiger partial charge in [0.25, 0.3) is 6.43 Å². The Labute approximate surface area is 91.0 Å². The van der Waals surface area contributed by atoms with Gasteiger partial charge < -0.3 is 5.32 Å². The van der Waals surface area contributed by atoms with E-state index in [1.165, 1.54) is 32.1 Å². The topological polar surface area (TPSA) is 15.3 Å². The van der Waals surface area contributed by atoms with E-state index in [4.69, 9.17) is 0 Å². The minimum Gasteiger partial charge on any atom is -0.313 e. The first-order valence-electron chi connectivity index (χ1n) is 5.88. The second-order valence-corrected chi connectivity index (χ2v) is 4.44. The average molecular weight is 220 g/mol. The number of halogens is 2. The van der Waals surface area contributed by atoms with Crippen molar-refractivity contribution in [3.63, 3.8) is 0 Å². The molecule has 0 radical (unpaired) electrons. The summed E-state index contributed by atoms with van der Waals surface area (Å²) in [7, 11) is 1.74. The molecule has 1 fully saturated rings. The Hall–Kier alpha value is -0.220. The molecule has 0 aromatic heterocycles. The highest BCUT2D eigenvalue weighted by atomic mass is 19.3. The van der Waals surface area contributed by atoms with Gasteiger partial charge in [-0.25, -0.2) is 8.78 Å². The fraction of sp³-hybridized carbons (Fsp3) is 1.00. The number of hydrogen-bond donors (Lipinski definition) is 1. The second kappa shape index (κ2) is 7.12. The van der Waals surface area contributed by atoms with Crippen LogP contribution in [0.1, 0.15) is 32.1 Å². The molecule has 0 aliphatic heterocycles. The highest BCUT2D eigenvalue weighted by Gasteiger charge is 2.12. The molecule has 1 saturated carbocycles. The van der Waals surface area contributed by atoms with Crippen LogP contribution in [0.25, 0.3) is 0 Å². The molecule has 90 valence electrons. The van der Waals surface area contributed by atoms with Crippen LogP contribution in [-0.2, 0) is 0 Å². The van der Waals surface area contributed by atoms with Crippen molar-refractivity contribution in [1.29, 1.82) is 0 Å². The van der Waals surface area contributed by atoms with E-state index >= 15 is 0 Å². The summed E-state index contributed by atoms with van der Waals surface area (Å²) < 4.78 is 24.0. The monoisotopic (exact) mass is 220 g/mol. The van der Waals surface area contributed by atoms with Crippen molar-refractivity contribution in [2.45, 2.75) is 44.6 Å². The van der Waals surface area contributed by atoms with Crippen LogP contribution in [0.15, 0.2) is 0 Å². The number of rotatable bonds is 6. The first-order chi connectivity index (χ1) is 7.18. The van der Waals surface area contributed by atoms with E-state index in [9.17, 15) is 8.78 Å². The molecule has 4 heteroatoms. The van der Waals surface area contributed by atoms with E-state index in [2.05, 4.69) is 5.32 Å². The summed E-state index contributed by atoms with van der Waals surface area (Å²) in [6.45, 7) is 1.42. The van der Waals surface area contributed by atoms with Crippen LogP contribution in [0, 0.1) is 0 Å². The molecule has 0 atom stereocenters. The molecule has 2 nitrogen and oxygen atoms in total. The van der Waals surface area contributed by atoms with E-state index in [1.54, 1.807) is 11.9 Å². The first-order valence-corrected chi connectivity index (χ1v) is 5.88. The second-order valence-electron chi connectivity index (χ2n) is 4.44. The van der Waals surface area contributed by atoms with Gasteiger partial charge in [0.15, 0.2) is 0 Å². The Morgan fingerprint density at radius 2 is 1.93 bits per heavy atom. The van der Waals surface area contributed by atoms with Crippen LogP contribution >= 0.6 is 0 Å². The molecule has 0 amide bonds. The average Bonchev–Trinajstić information content (AvgIpc) is 2.18. The molecular formula is C11H22F2N2. The lowest BCUT2D eigenvalue weighted by Crippen LogP contribution is -2.38.